The predicted octanol–water partition coefficient (Wildman–Crippen LogP) is 5.83. The van der Waals surface area contributed by atoms with Gasteiger partial charge in [0.1, 0.15) is 0 Å². The largest absolute Gasteiger partial charge is 0.337 e. The molecule has 3 nitrogen and oxygen atoms in total. The summed E-state index contributed by atoms with van der Waals surface area (Å²) in [6.45, 7) is 0.938. The van der Waals surface area contributed by atoms with Gasteiger partial charge in [-0.25, -0.2) is 0 Å². The average Bonchev–Trinajstić information content (AvgIpc) is 3.19. The van der Waals surface area contributed by atoms with Gasteiger partial charge < -0.3 is 9.80 Å². The van der Waals surface area contributed by atoms with Crippen molar-refractivity contribution in [2.45, 2.75) is 31.3 Å². The summed E-state index contributed by atoms with van der Waals surface area (Å²) in [6, 6.07) is 24.7. The molecule has 0 fully saturated rings. The van der Waals surface area contributed by atoms with Crippen molar-refractivity contribution in [3.63, 3.8) is 0 Å². The number of hydrogen-bond donors (Lipinski definition) is 0. The Labute approximate surface area is 200 Å². The van der Waals surface area contributed by atoms with Crippen molar-refractivity contribution in [2.24, 2.45) is 0 Å². The second-order valence-corrected chi connectivity index (χ2v) is 9.38. The van der Waals surface area contributed by atoms with Gasteiger partial charge in [0.2, 0.25) is 5.91 Å². The number of rotatable bonds is 7. The Hall–Kier alpha value is -2.33. The molecule has 1 aliphatic carbocycles. The molecule has 1 amide bonds. The Kier molecular flexibility index (Phi) is 7.20. The minimum Gasteiger partial charge on any atom is -0.337 e. The zero-order valence-electron chi connectivity index (χ0n) is 18.5. The SMILES string of the molecule is CN(CCc1ccccc1)[C@@H]1Cc2ccccc2[C@H]1N(C)C(=O)Cc1ccc(Cl)c(Cl)c1. The van der Waals surface area contributed by atoms with Crippen molar-refractivity contribution in [1.82, 2.24) is 9.80 Å². The third-order valence-corrected chi connectivity index (χ3v) is 7.22. The molecular weight excluding hydrogens is 439 g/mol. The Morgan fingerprint density at radius 2 is 1.62 bits per heavy atom. The number of hydrogen-bond acceptors (Lipinski definition) is 2. The third kappa shape index (κ3) is 5.01. The van der Waals surface area contributed by atoms with Crippen LogP contribution in [0.3, 0.4) is 0 Å². The van der Waals surface area contributed by atoms with Gasteiger partial charge in [-0.1, -0.05) is 83.9 Å². The van der Waals surface area contributed by atoms with Gasteiger partial charge in [-0.3, -0.25) is 4.79 Å². The lowest BCUT2D eigenvalue weighted by Crippen LogP contribution is -2.44. The highest BCUT2D eigenvalue weighted by Gasteiger charge is 2.38. The van der Waals surface area contributed by atoms with Crippen LogP contribution in [0.25, 0.3) is 0 Å². The summed E-state index contributed by atoms with van der Waals surface area (Å²) in [5.41, 5.74) is 4.77. The van der Waals surface area contributed by atoms with Crippen LogP contribution in [0.5, 0.6) is 0 Å². The molecule has 2 atom stereocenters. The van der Waals surface area contributed by atoms with Crippen LogP contribution in [0.2, 0.25) is 10.0 Å². The van der Waals surface area contributed by atoms with E-state index in [2.05, 4.69) is 60.5 Å². The van der Waals surface area contributed by atoms with Crippen LogP contribution in [-0.4, -0.2) is 42.4 Å². The van der Waals surface area contributed by atoms with Crippen LogP contribution in [0.15, 0.2) is 72.8 Å². The quantitative estimate of drug-likeness (QED) is 0.436. The van der Waals surface area contributed by atoms with Gasteiger partial charge in [-0.2, -0.15) is 0 Å². The fraction of sp³-hybridized carbons (Fsp3) is 0.296. The van der Waals surface area contributed by atoms with E-state index in [1.165, 1.54) is 16.7 Å². The van der Waals surface area contributed by atoms with E-state index in [0.717, 1.165) is 24.9 Å². The second-order valence-electron chi connectivity index (χ2n) is 8.56. The number of fused-ring (bicyclic) bond motifs is 1. The van der Waals surface area contributed by atoms with E-state index in [9.17, 15) is 4.79 Å². The molecule has 5 heteroatoms. The molecule has 3 aromatic rings. The van der Waals surface area contributed by atoms with Gasteiger partial charge in [0.05, 0.1) is 22.5 Å². The van der Waals surface area contributed by atoms with Crippen LogP contribution in [-0.2, 0) is 24.1 Å². The lowest BCUT2D eigenvalue weighted by molar-refractivity contribution is -0.132. The lowest BCUT2D eigenvalue weighted by Gasteiger charge is -2.36. The highest BCUT2D eigenvalue weighted by Crippen LogP contribution is 2.38. The maximum atomic E-state index is 13.3. The summed E-state index contributed by atoms with van der Waals surface area (Å²) in [7, 11) is 4.09. The summed E-state index contributed by atoms with van der Waals surface area (Å²) in [5.74, 6) is 0.0755. The lowest BCUT2D eigenvalue weighted by atomic mass is 10.0. The smallest absolute Gasteiger partial charge is 0.227 e. The molecule has 0 saturated carbocycles. The van der Waals surface area contributed by atoms with Crippen LogP contribution in [0, 0.1) is 0 Å². The summed E-state index contributed by atoms with van der Waals surface area (Å²) in [4.78, 5) is 17.6. The number of nitrogens with zero attached hydrogens (tertiary/aromatic N) is 2. The third-order valence-electron chi connectivity index (χ3n) is 6.48. The number of halogens is 2. The molecule has 4 rings (SSSR count). The number of amides is 1. The number of benzene rings is 3. The minimum atomic E-state index is 0.0160. The van der Waals surface area contributed by atoms with Crippen LogP contribution in [0.1, 0.15) is 28.3 Å². The Balaban J connectivity index is 1.52. The van der Waals surface area contributed by atoms with Crippen molar-refractivity contribution in [2.75, 3.05) is 20.6 Å². The highest BCUT2D eigenvalue weighted by molar-refractivity contribution is 6.42. The van der Waals surface area contributed by atoms with Gasteiger partial charge in [-0.05, 0) is 54.3 Å². The number of likely N-dealkylation sites (N-methyl/N-ethyl adjacent to an activating group) is 2. The van der Waals surface area contributed by atoms with Crippen molar-refractivity contribution >= 4 is 29.1 Å². The highest BCUT2D eigenvalue weighted by atomic mass is 35.5. The van der Waals surface area contributed by atoms with Gasteiger partial charge in [-0.15, -0.1) is 0 Å². The van der Waals surface area contributed by atoms with Crippen LogP contribution in [0.4, 0.5) is 0 Å². The van der Waals surface area contributed by atoms with E-state index in [4.69, 9.17) is 23.2 Å². The Morgan fingerprint density at radius 3 is 2.38 bits per heavy atom. The van der Waals surface area contributed by atoms with Gasteiger partial charge >= 0.3 is 0 Å². The topological polar surface area (TPSA) is 23.6 Å². The molecule has 0 bridgehead atoms. The zero-order chi connectivity index (χ0) is 22.7. The molecule has 3 aromatic carbocycles. The first-order chi connectivity index (χ1) is 15.4. The Bertz CT molecular complexity index is 1090. The summed E-state index contributed by atoms with van der Waals surface area (Å²) in [6.07, 6.45) is 2.22. The molecule has 0 N–H and O–H groups in total. The number of carbonyl (C=O) groups excluding carboxylic acids is 1. The van der Waals surface area contributed by atoms with E-state index in [1.54, 1.807) is 12.1 Å². The first-order valence-electron chi connectivity index (χ1n) is 11.0. The van der Waals surface area contributed by atoms with E-state index < -0.39 is 0 Å². The number of carbonyl (C=O) groups is 1. The van der Waals surface area contributed by atoms with Crippen LogP contribution < -0.4 is 0 Å². The molecule has 32 heavy (non-hydrogen) atoms. The van der Waals surface area contributed by atoms with Crippen molar-refractivity contribution in [3.8, 4) is 0 Å². The van der Waals surface area contributed by atoms with Crippen molar-refractivity contribution in [1.29, 1.82) is 0 Å². The molecule has 0 heterocycles. The molecule has 0 saturated heterocycles. The average molecular weight is 467 g/mol. The summed E-state index contributed by atoms with van der Waals surface area (Å²) in [5, 5.41) is 0.977. The molecule has 1 aliphatic rings. The van der Waals surface area contributed by atoms with Crippen molar-refractivity contribution in [3.05, 3.63) is 105 Å². The molecule has 0 aliphatic heterocycles. The van der Waals surface area contributed by atoms with Gasteiger partial charge in [0.25, 0.3) is 0 Å². The molecule has 0 unspecified atom stereocenters. The fourth-order valence-corrected chi connectivity index (χ4v) is 4.96. The second kappa shape index (κ2) is 10.1. The van der Waals surface area contributed by atoms with Gasteiger partial charge in [0, 0.05) is 19.6 Å². The minimum absolute atomic E-state index is 0.0160. The summed E-state index contributed by atoms with van der Waals surface area (Å²) >= 11 is 12.2. The summed E-state index contributed by atoms with van der Waals surface area (Å²) < 4.78 is 0. The van der Waals surface area contributed by atoms with E-state index in [1.807, 2.05) is 24.1 Å². The molecule has 0 aromatic heterocycles. The van der Waals surface area contributed by atoms with E-state index >= 15 is 0 Å². The first-order valence-corrected chi connectivity index (χ1v) is 11.7. The zero-order valence-corrected chi connectivity index (χ0v) is 20.0. The fourth-order valence-electron chi connectivity index (χ4n) is 4.64. The Morgan fingerprint density at radius 1 is 0.906 bits per heavy atom. The molecule has 0 spiro atoms. The van der Waals surface area contributed by atoms with E-state index in [-0.39, 0.29) is 18.0 Å². The molecule has 0 radical (unpaired) electrons. The van der Waals surface area contributed by atoms with Crippen LogP contribution >= 0.6 is 23.2 Å². The maximum absolute atomic E-state index is 13.3. The maximum Gasteiger partial charge on any atom is 0.227 e. The van der Waals surface area contributed by atoms with Gasteiger partial charge in [0.15, 0.2) is 0 Å². The predicted molar refractivity (Wildman–Crippen MR) is 132 cm³/mol. The van der Waals surface area contributed by atoms with Crippen molar-refractivity contribution < 1.29 is 4.79 Å². The standard InChI is InChI=1S/C27H28Cl2N2O/c1-30(15-14-19-8-4-3-5-9-19)25-18-21-10-6-7-11-22(21)27(25)31(2)26(32)17-20-12-13-23(28)24(29)16-20/h3-13,16,25,27H,14-15,17-18H2,1-2H3/t25-,27-/m1/s1. The first kappa shape index (κ1) is 22.8. The van der Waals surface area contributed by atoms with E-state index in [0.29, 0.717) is 16.5 Å². The normalized spacial score (nSPS) is 17.4. The molecular formula is C27H28Cl2N2O. The monoisotopic (exact) mass is 466 g/mol. The molecule has 166 valence electrons.